The second-order valence-electron chi connectivity index (χ2n) is 6.25. The number of hydrogen-bond acceptors (Lipinski definition) is 4. The summed E-state index contributed by atoms with van der Waals surface area (Å²) < 4.78 is 19.7. The Balaban J connectivity index is 1.42. The van der Waals surface area contributed by atoms with Gasteiger partial charge in [-0.25, -0.2) is 9.82 Å². The molecule has 0 spiro atoms. The van der Waals surface area contributed by atoms with Gasteiger partial charge in [0.15, 0.2) is 5.76 Å². The zero-order chi connectivity index (χ0) is 17.9. The highest BCUT2D eigenvalue weighted by atomic mass is 19.1. The Labute approximate surface area is 150 Å². The van der Waals surface area contributed by atoms with Crippen LogP contribution in [0.2, 0.25) is 0 Å². The molecule has 0 unspecified atom stereocenters. The van der Waals surface area contributed by atoms with Gasteiger partial charge in [0.05, 0.1) is 11.9 Å². The number of benzene rings is 2. The van der Waals surface area contributed by atoms with E-state index in [0.717, 1.165) is 31.3 Å². The Kier molecular flexibility index (Phi) is 4.39. The number of furan rings is 1. The van der Waals surface area contributed by atoms with Gasteiger partial charge in [0.1, 0.15) is 11.4 Å². The predicted molar refractivity (Wildman–Crippen MR) is 99.1 cm³/mol. The number of para-hydroxylation sites is 1. The molecule has 1 N–H and O–H groups in total. The SMILES string of the molecule is O=C(N/N=C\c1ccc(N2CCCC2)c(F)c1)c1cc2ccccc2o1. The Morgan fingerprint density at radius 2 is 1.96 bits per heavy atom. The van der Waals surface area contributed by atoms with Crippen molar-refractivity contribution >= 4 is 28.8 Å². The van der Waals surface area contributed by atoms with Crippen LogP contribution in [0.25, 0.3) is 11.0 Å². The summed E-state index contributed by atoms with van der Waals surface area (Å²) in [7, 11) is 0. The molecule has 1 saturated heterocycles. The summed E-state index contributed by atoms with van der Waals surface area (Å²) in [4.78, 5) is 14.1. The zero-order valence-corrected chi connectivity index (χ0v) is 14.1. The summed E-state index contributed by atoms with van der Waals surface area (Å²) in [6, 6.07) is 14.0. The lowest BCUT2D eigenvalue weighted by atomic mass is 10.2. The Morgan fingerprint density at radius 3 is 2.73 bits per heavy atom. The first kappa shape index (κ1) is 16.3. The number of fused-ring (bicyclic) bond motifs is 1. The molecule has 0 saturated carbocycles. The molecule has 2 heterocycles. The van der Waals surface area contributed by atoms with Crippen LogP contribution in [0.4, 0.5) is 10.1 Å². The van der Waals surface area contributed by atoms with E-state index >= 15 is 0 Å². The monoisotopic (exact) mass is 351 g/mol. The normalized spacial score (nSPS) is 14.4. The van der Waals surface area contributed by atoms with E-state index in [0.29, 0.717) is 16.8 Å². The van der Waals surface area contributed by atoms with Crippen LogP contribution >= 0.6 is 0 Å². The largest absolute Gasteiger partial charge is 0.451 e. The lowest BCUT2D eigenvalue weighted by molar-refractivity contribution is 0.0929. The number of halogens is 1. The standard InChI is InChI=1S/C20H18FN3O2/c21-16-11-14(7-8-17(16)24-9-3-4-10-24)13-22-23-20(25)19-12-15-5-1-2-6-18(15)26-19/h1-2,5-8,11-13H,3-4,9-10H2,(H,23,25)/b22-13-. The minimum Gasteiger partial charge on any atom is -0.451 e. The minimum absolute atomic E-state index is 0.180. The first-order chi connectivity index (χ1) is 12.7. The Hall–Kier alpha value is -3.15. The number of hydrazone groups is 1. The summed E-state index contributed by atoms with van der Waals surface area (Å²) in [5.41, 5.74) is 4.24. The van der Waals surface area contributed by atoms with Crippen LogP contribution < -0.4 is 10.3 Å². The van der Waals surface area contributed by atoms with Crippen molar-refractivity contribution in [1.82, 2.24) is 5.43 Å². The quantitative estimate of drug-likeness (QED) is 0.572. The highest BCUT2D eigenvalue weighted by Crippen LogP contribution is 2.24. The number of nitrogens with zero attached hydrogens (tertiary/aromatic N) is 2. The van der Waals surface area contributed by atoms with Crippen LogP contribution in [0, 0.1) is 5.82 Å². The van der Waals surface area contributed by atoms with Crippen LogP contribution in [-0.2, 0) is 0 Å². The van der Waals surface area contributed by atoms with Gasteiger partial charge < -0.3 is 9.32 Å². The third kappa shape index (κ3) is 3.31. The zero-order valence-electron chi connectivity index (χ0n) is 14.1. The second-order valence-corrected chi connectivity index (χ2v) is 6.25. The average molecular weight is 351 g/mol. The van der Waals surface area contributed by atoms with Gasteiger partial charge in [0.2, 0.25) is 0 Å². The molecule has 1 aliphatic heterocycles. The van der Waals surface area contributed by atoms with E-state index < -0.39 is 5.91 Å². The summed E-state index contributed by atoms with van der Waals surface area (Å²) >= 11 is 0. The van der Waals surface area contributed by atoms with Crippen LogP contribution in [0.3, 0.4) is 0 Å². The van der Waals surface area contributed by atoms with Gasteiger partial charge in [-0.15, -0.1) is 0 Å². The number of nitrogens with one attached hydrogen (secondary N) is 1. The molecule has 1 amide bonds. The van der Waals surface area contributed by atoms with E-state index in [-0.39, 0.29) is 11.6 Å². The van der Waals surface area contributed by atoms with Gasteiger partial charge in [0.25, 0.3) is 0 Å². The molecule has 1 fully saturated rings. The molecule has 0 aliphatic carbocycles. The van der Waals surface area contributed by atoms with Crippen LogP contribution in [0.15, 0.2) is 58.0 Å². The molecule has 132 valence electrons. The highest BCUT2D eigenvalue weighted by Gasteiger charge is 2.16. The van der Waals surface area contributed by atoms with Gasteiger partial charge in [-0.05, 0) is 42.7 Å². The maximum absolute atomic E-state index is 14.3. The molecule has 1 aromatic heterocycles. The van der Waals surface area contributed by atoms with E-state index in [1.54, 1.807) is 24.3 Å². The van der Waals surface area contributed by atoms with Crippen LogP contribution in [0.1, 0.15) is 29.0 Å². The molecule has 0 atom stereocenters. The molecule has 1 aliphatic rings. The van der Waals surface area contributed by atoms with Crippen molar-refractivity contribution in [2.75, 3.05) is 18.0 Å². The van der Waals surface area contributed by atoms with Crippen molar-refractivity contribution in [2.24, 2.45) is 5.10 Å². The van der Waals surface area contributed by atoms with Gasteiger partial charge in [-0.1, -0.05) is 24.3 Å². The molecule has 26 heavy (non-hydrogen) atoms. The maximum atomic E-state index is 14.3. The number of amides is 1. The van der Waals surface area contributed by atoms with Crippen molar-refractivity contribution in [1.29, 1.82) is 0 Å². The molecule has 5 nitrogen and oxygen atoms in total. The van der Waals surface area contributed by atoms with E-state index in [4.69, 9.17) is 4.42 Å². The van der Waals surface area contributed by atoms with Crippen molar-refractivity contribution in [3.63, 3.8) is 0 Å². The third-order valence-electron chi connectivity index (χ3n) is 4.45. The predicted octanol–water partition coefficient (Wildman–Crippen LogP) is 3.94. The summed E-state index contributed by atoms with van der Waals surface area (Å²) in [6.45, 7) is 1.77. The summed E-state index contributed by atoms with van der Waals surface area (Å²) in [6.07, 6.45) is 3.60. The van der Waals surface area contributed by atoms with Crippen LogP contribution in [0.5, 0.6) is 0 Å². The fraction of sp³-hybridized carbons (Fsp3) is 0.200. The summed E-state index contributed by atoms with van der Waals surface area (Å²) in [5.74, 6) is -0.551. The lowest BCUT2D eigenvalue weighted by Crippen LogP contribution is -2.19. The van der Waals surface area contributed by atoms with E-state index in [1.807, 2.05) is 23.1 Å². The molecule has 0 radical (unpaired) electrons. The molecular weight excluding hydrogens is 333 g/mol. The molecule has 4 rings (SSSR count). The smallest absolute Gasteiger partial charge is 0.307 e. The van der Waals surface area contributed by atoms with E-state index in [1.165, 1.54) is 12.3 Å². The summed E-state index contributed by atoms with van der Waals surface area (Å²) in [5, 5.41) is 4.74. The number of rotatable bonds is 4. The number of carbonyl (C=O) groups excluding carboxylic acids is 1. The number of anilines is 1. The van der Waals surface area contributed by atoms with Gasteiger partial charge in [-0.3, -0.25) is 4.79 Å². The topological polar surface area (TPSA) is 57.8 Å². The minimum atomic E-state index is -0.452. The van der Waals surface area contributed by atoms with Crippen molar-refractivity contribution in [3.05, 3.63) is 65.7 Å². The Morgan fingerprint density at radius 1 is 1.15 bits per heavy atom. The first-order valence-corrected chi connectivity index (χ1v) is 8.57. The molecule has 3 aromatic rings. The van der Waals surface area contributed by atoms with Gasteiger partial charge in [0, 0.05) is 18.5 Å². The maximum Gasteiger partial charge on any atom is 0.307 e. The van der Waals surface area contributed by atoms with Crippen molar-refractivity contribution in [2.45, 2.75) is 12.8 Å². The first-order valence-electron chi connectivity index (χ1n) is 8.57. The fourth-order valence-electron chi connectivity index (χ4n) is 3.13. The van der Waals surface area contributed by atoms with Gasteiger partial charge >= 0.3 is 5.91 Å². The molecule has 6 heteroatoms. The lowest BCUT2D eigenvalue weighted by Gasteiger charge is -2.18. The number of hydrogen-bond donors (Lipinski definition) is 1. The van der Waals surface area contributed by atoms with Crippen molar-refractivity contribution < 1.29 is 13.6 Å². The van der Waals surface area contributed by atoms with E-state index in [9.17, 15) is 9.18 Å². The van der Waals surface area contributed by atoms with Crippen molar-refractivity contribution in [3.8, 4) is 0 Å². The van der Waals surface area contributed by atoms with Crippen LogP contribution in [-0.4, -0.2) is 25.2 Å². The molecule has 2 aromatic carbocycles. The molecule has 0 bridgehead atoms. The second kappa shape index (κ2) is 7.00. The average Bonchev–Trinajstić information content (AvgIpc) is 3.31. The number of carbonyl (C=O) groups is 1. The third-order valence-corrected chi connectivity index (χ3v) is 4.45. The molecular formula is C20H18FN3O2. The Bertz CT molecular complexity index is 941. The van der Waals surface area contributed by atoms with Gasteiger partial charge in [-0.2, -0.15) is 5.10 Å². The highest BCUT2D eigenvalue weighted by molar-refractivity contribution is 5.96. The van der Waals surface area contributed by atoms with E-state index in [2.05, 4.69) is 10.5 Å². The fourth-order valence-corrected chi connectivity index (χ4v) is 3.13.